The SMILES string of the molecule is CNC(=O)Nc1ccc(/C=C/c2ccc(CC(=O)Cc3cccc(CC(=O)Cc4ccc(/C=C/c5ccc(NC(=O)Nc6ccccc6)cc5)cc4)c3)cc2)cc1. The monoisotopic (exact) mass is 752 g/mol. The first kappa shape index (κ1) is 39.4. The van der Waals surface area contributed by atoms with Crippen molar-refractivity contribution in [3.8, 4) is 0 Å². The van der Waals surface area contributed by atoms with E-state index in [-0.39, 0.29) is 23.6 Å². The Bertz CT molecular complexity index is 2350. The quantitative estimate of drug-likeness (QED) is 0.0782. The van der Waals surface area contributed by atoms with Crippen molar-refractivity contribution in [3.63, 3.8) is 0 Å². The van der Waals surface area contributed by atoms with E-state index in [1.807, 2.05) is 176 Å². The van der Waals surface area contributed by atoms with E-state index in [0.717, 1.165) is 50.2 Å². The molecular weight excluding hydrogens is 709 g/mol. The minimum absolute atomic E-state index is 0.108. The highest BCUT2D eigenvalue weighted by molar-refractivity contribution is 5.99. The topological polar surface area (TPSA) is 116 Å². The molecule has 57 heavy (non-hydrogen) atoms. The molecule has 8 nitrogen and oxygen atoms in total. The minimum atomic E-state index is -0.302. The van der Waals surface area contributed by atoms with Crippen LogP contribution in [-0.2, 0) is 35.3 Å². The van der Waals surface area contributed by atoms with Crippen molar-refractivity contribution in [1.82, 2.24) is 5.32 Å². The molecule has 0 bridgehead atoms. The average Bonchev–Trinajstić information content (AvgIpc) is 3.21. The molecule has 0 fully saturated rings. The summed E-state index contributed by atoms with van der Waals surface area (Å²) in [5.74, 6) is 0.219. The van der Waals surface area contributed by atoms with Crippen LogP contribution >= 0.6 is 0 Å². The molecule has 0 atom stereocenters. The molecule has 6 aromatic carbocycles. The van der Waals surface area contributed by atoms with Gasteiger partial charge in [-0.2, -0.15) is 0 Å². The van der Waals surface area contributed by atoms with Crippen LogP contribution < -0.4 is 21.3 Å². The number of anilines is 3. The Hall–Kier alpha value is -7.32. The van der Waals surface area contributed by atoms with Crippen molar-refractivity contribution < 1.29 is 19.2 Å². The van der Waals surface area contributed by atoms with Crippen LogP contribution in [-0.4, -0.2) is 30.7 Å². The van der Waals surface area contributed by atoms with Gasteiger partial charge in [0.2, 0.25) is 0 Å². The molecule has 0 spiro atoms. The third-order valence-corrected chi connectivity index (χ3v) is 9.09. The molecule has 6 aromatic rings. The van der Waals surface area contributed by atoms with Crippen LogP contribution in [0.1, 0.15) is 44.5 Å². The van der Waals surface area contributed by atoms with Gasteiger partial charge in [-0.1, -0.05) is 140 Å². The fraction of sp³-hybridized carbons (Fsp3) is 0.102. The number of benzene rings is 6. The molecule has 0 aliphatic rings. The van der Waals surface area contributed by atoms with Gasteiger partial charge < -0.3 is 21.3 Å². The first-order valence-corrected chi connectivity index (χ1v) is 18.7. The standard InChI is InChI=1S/C49H44N4O4/c1-50-48(56)51-44-26-22-37(23-27-44)12-10-35-14-18-39(19-15-35)31-46(54)33-41-6-5-7-42(30-41)34-47(55)32-40-20-16-36(17-21-40)11-13-38-24-28-45(29-25-38)53-49(57)52-43-8-3-2-4-9-43/h2-30H,31-34H2,1H3,(H2,50,51,56)(H2,52,53,57)/b12-10+,13-11+. The van der Waals surface area contributed by atoms with Gasteiger partial charge in [0.1, 0.15) is 11.6 Å². The minimum Gasteiger partial charge on any atom is -0.341 e. The van der Waals surface area contributed by atoms with Crippen LogP contribution in [0, 0.1) is 0 Å². The normalized spacial score (nSPS) is 11.0. The van der Waals surface area contributed by atoms with Gasteiger partial charge in [-0.3, -0.25) is 9.59 Å². The van der Waals surface area contributed by atoms with Gasteiger partial charge in [-0.15, -0.1) is 0 Å². The van der Waals surface area contributed by atoms with Crippen LogP contribution in [0.3, 0.4) is 0 Å². The molecule has 284 valence electrons. The first-order valence-electron chi connectivity index (χ1n) is 18.7. The van der Waals surface area contributed by atoms with Gasteiger partial charge in [0.05, 0.1) is 0 Å². The maximum Gasteiger partial charge on any atom is 0.323 e. The zero-order valence-electron chi connectivity index (χ0n) is 31.7. The predicted molar refractivity (Wildman–Crippen MR) is 232 cm³/mol. The summed E-state index contributed by atoms with van der Waals surface area (Å²) in [6.07, 6.45) is 9.27. The molecule has 4 N–H and O–H groups in total. The lowest BCUT2D eigenvalue weighted by Gasteiger charge is -2.07. The van der Waals surface area contributed by atoms with Crippen LogP contribution in [0.5, 0.6) is 0 Å². The lowest BCUT2D eigenvalue weighted by molar-refractivity contribution is -0.118. The highest BCUT2D eigenvalue weighted by Crippen LogP contribution is 2.17. The van der Waals surface area contributed by atoms with E-state index >= 15 is 0 Å². The van der Waals surface area contributed by atoms with Crippen molar-refractivity contribution in [2.45, 2.75) is 25.7 Å². The Labute approximate surface area is 333 Å². The maximum atomic E-state index is 13.0. The largest absolute Gasteiger partial charge is 0.341 e. The smallest absolute Gasteiger partial charge is 0.323 e. The summed E-state index contributed by atoms with van der Waals surface area (Å²) in [5, 5.41) is 10.9. The zero-order valence-corrected chi connectivity index (χ0v) is 31.7. The second-order valence-electron chi connectivity index (χ2n) is 13.6. The van der Waals surface area contributed by atoms with Gasteiger partial charge in [0, 0.05) is 49.8 Å². The van der Waals surface area contributed by atoms with Crippen molar-refractivity contribution in [3.05, 3.63) is 196 Å². The Balaban J connectivity index is 0.926. The Morgan fingerprint density at radius 2 is 0.737 bits per heavy atom. The van der Waals surface area contributed by atoms with Crippen molar-refractivity contribution in [2.24, 2.45) is 0 Å². The van der Waals surface area contributed by atoms with Gasteiger partial charge >= 0.3 is 12.1 Å². The number of hydrogen-bond acceptors (Lipinski definition) is 4. The molecule has 8 heteroatoms. The summed E-state index contributed by atoms with van der Waals surface area (Å²) in [6, 6.07) is 47.5. The van der Waals surface area contributed by atoms with E-state index in [9.17, 15) is 19.2 Å². The van der Waals surface area contributed by atoms with Crippen LogP contribution in [0.2, 0.25) is 0 Å². The second-order valence-corrected chi connectivity index (χ2v) is 13.6. The van der Waals surface area contributed by atoms with Crippen LogP contribution in [0.15, 0.2) is 152 Å². The summed E-state index contributed by atoms with van der Waals surface area (Å²) in [4.78, 5) is 49.7. The summed E-state index contributed by atoms with van der Waals surface area (Å²) in [7, 11) is 1.57. The first-order chi connectivity index (χ1) is 27.8. The van der Waals surface area contributed by atoms with E-state index in [0.29, 0.717) is 37.1 Å². The molecule has 0 unspecified atom stereocenters. The van der Waals surface area contributed by atoms with Gasteiger partial charge in [0.25, 0.3) is 0 Å². The molecule has 0 aliphatic heterocycles. The zero-order chi connectivity index (χ0) is 39.8. The van der Waals surface area contributed by atoms with Crippen molar-refractivity contribution in [2.75, 3.05) is 23.0 Å². The van der Waals surface area contributed by atoms with Gasteiger partial charge in [-0.05, 0) is 80.9 Å². The van der Waals surface area contributed by atoms with Crippen molar-refractivity contribution >= 4 is 65.0 Å². The van der Waals surface area contributed by atoms with Crippen molar-refractivity contribution in [1.29, 1.82) is 0 Å². The Morgan fingerprint density at radius 1 is 0.386 bits per heavy atom. The summed E-state index contributed by atoms with van der Waals surface area (Å²) >= 11 is 0. The third kappa shape index (κ3) is 12.9. The molecule has 0 aliphatic carbocycles. The number of hydrogen-bond donors (Lipinski definition) is 4. The summed E-state index contributed by atoms with van der Waals surface area (Å²) in [6.45, 7) is 0. The lowest BCUT2D eigenvalue weighted by atomic mass is 9.97. The molecule has 0 saturated heterocycles. The number of nitrogens with one attached hydrogen (secondary N) is 4. The average molecular weight is 753 g/mol. The molecular formula is C49H44N4O4. The fourth-order valence-electron chi connectivity index (χ4n) is 6.13. The van der Waals surface area contributed by atoms with Gasteiger partial charge in [-0.25, -0.2) is 9.59 Å². The van der Waals surface area contributed by atoms with E-state index in [2.05, 4.69) is 21.3 Å². The fourth-order valence-corrected chi connectivity index (χ4v) is 6.13. The Kier molecular flexibility index (Phi) is 13.7. The lowest BCUT2D eigenvalue weighted by Crippen LogP contribution is -2.24. The number of para-hydroxylation sites is 1. The molecule has 0 radical (unpaired) electrons. The predicted octanol–water partition coefficient (Wildman–Crippen LogP) is 10.1. The number of carbonyl (C=O) groups is 4. The number of carbonyl (C=O) groups excluding carboxylic acids is 4. The number of rotatable bonds is 15. The molecule has 6 rings (SSSR count). The van der Waals surface area contributed by atoms with E-state index in [1.165, 1.54) is 0 Å². The number of urea groups is 2. The second kappa shape index (κ2) is 19.8. The number of ketones is 2. The molecule has 0 saturated carbocycles. The Morgan fingerprint density at radius 3 is 1.14 bits per heavy atom. The molecule has 0 heterocycles. The van der Waals surface area contributed by atoms with Crippen LogP contribution in [0.25, 0.3) is 24.3 Å². The van der Waals surface area contributed by atoms with Crippen LogP contribution in [0.4, 0.5) is 26.7 Å². The highest BCUT2D eigenvalue weighted by atomic mass is 16.2. The molecule has 4 amide bonds. The number of Topliss-reactive ketones (excluding diaryl/α,β-unsaturated/α-hetero) is 2. The summed E-state index contributed by atoms with van der Waals surface area (Å²) < 4.78 is 0. The van der Waals surface area contributed by atoms with E-state index in [4.69, 9.17) is 0 Å². The van der Waals surface area contributed by atoms with E-state index < -0.39 is 0 Å². The molecule has 0 aromatic heterocycles. The third-order valence-electron chi connectivity index (χ3n) is 9.09. The van der Waals surface area contributed by atoms with Gasteiger partial charge in [0.15, 0.2) is 0 Å². The highest BCUT2D eigenvalue weighted by Gasteiger charge is 2.10. The van der Waals surface area contributed by atoms with E-state index in [1.54, 1.807) is 7.05 Å². The number of amides is 4. The summed E-state index contributed by atoms with van der Waals surface area (Å²) in [5.41, 5.74) is 9.84. The maximum absolute atomic E-state index is 13.0.